The highest BCUT2D eigenvalue weighted by atomic mass is 16.7. The summed E-state index contributed by atoms with van der Waals surface area (Å²) in [6, 6.07) is 14.2. The smallest absolute Gasteiger partial charge is 0.283 e. The van der Waals surface area contributed by atoms with E-state index in [1.54, 1.807) is 37.4 Å². The lowest BCUT2D eigenvalue weighted by Crippen LogP contribution is -2.26. The first-order chi connectivity index (χ1) is 9.19. The van der Waals surface area contributed by atoms with Crippen molar-refractivity contribution in [3.05, 3.63) is 59.7 Å². The molecule has 0 saturated heterocycles. The molecule has 19 heavy (non-hydrogen) atoms. The molecule has 0 aliphatic rings. The summed E-state index contributed by atoms with van der Waals surface area (Å²) >= 11 is 0. The van der Waals surface area contributed by atoms with Gasteiger partial charge in [-0.2, -0.15) is 5.48 Å². The zero-order valence-electron chi connectivity index (χ0n) is 10.8. The summed E-state index contributed by atoms with van der Waals surface area (Å²) in [5.41, 5.74) is 3.97. The SMILES string of the molecule is COc1ccc(C(=O)NOc2cccc(C)c2)cc1. The van der Waals surface area contributed by atoms with Gasteiger partial charge in [0.05, 0.1) is 7.11 Å². The zero-order valence-corrected chi connectivity index (χ0v) is 10.8. The highest BCUT2D eigenvalue weighted by molar-refractivity contribution is 5.93. The predicted octanol–water partition coefficient (Wildman–Crippen LogP) is 2.73. The van der Waals surface area contributed by atoms with E-state index >= 15 is 0 Å². The number of aryl methyl sites for hydroxylation is 1. The van der Waals surface area contributed by atoms with Crippen LogP contribution in [0.5, 0.6) is 11.5 Å². The van der Waals surface area contributed by atoms with E-state index in [4.69, 9.17) is 9.57 Å². The number of ether oxygens (including phenoxy) is 1. The van der Waals surface area contributed by atoms with Gasteiger partial charge in [-0.3, -0.25) is 4.79 Å². The van der Waals surface area contributed by atoms with Gasteiger partial charge in [0, 0.05) is 5.56 Å². The number of carbonyl (C=O) groups is 1. The molecule has 0 atom stereocenters. The fourth-order valence-corrected chi connectivity index (χ4v) is 1.59. The van der Waals surface area contributed by atoms with Crippen LogP contribution in [0.4, 0.5) is 0 Å². The van der Waals surface area contributed by atoms with Gasteiger partial charge in [-0.05, 0) is 48.9 Å². The van der Waals surface area contributed by atoms with Gasteiger partial charge < -0.3 is 9.57 Å². The molecule has 98 valence electrons. The predicted molar refractivity (Wildman–Crippen MR) is 72.3 cm³/mol. The fourth-order valence-electron chi connectivity index (χ4n) is 1.59. The first kappa shape index (κ1) is 13.0. The summed E-state index contributed by atoms with van der Waals surface area (Å²) in [4.78, 5) is 17.1. The topological polar surface area (TPSA) is 47.6 Å². The maximum Gasteiger partial charge on any atom is 0.283 e. The third kappa shape index (κ3) is 3.48. The van der Waals surface area contributed by atoms with Gasteiger partial charge in [-0.1, -0.05) is 12.1 Å². The van der Waals surface area contributed by atoms with E-state index in [9.17, 15) is 4.79 Å². The summed E-state index contributed by atoms with van der Waals surface area (Å²) in [5.74, 6) is 1.00. The molecule has 0 bridgehead atoms. The van der Waals surface area contributed by atoms with Crippen LogP contribution in [-0.2, 0) is 0 Å². The summed E-state index contributed by atoms with van der Waals surface area (Å²) in [7, 11) is 1.58. The number of nitrogens with one attached hydrogen (secondary N) is 1. The number of benzene rings is 2. The lowest BCUT2D eigenvalue weighted by atomic mass is 10.2. The molecular formula is C15H15NO3. The van der Waals surface area contributed by atoms with Crippen LogP contribution in [0.15, 0.2) is 48.5 Å². The molecular weight excluding hydrogens is 242 g/mol. The standard InChI is InChI=1S/C15H15NO3/c1-11-4-3-5-14(10-11)19-16-15(17)12-6-8-13(18-2)9-7-12/h3-10H,1-2H3,(H,16,17). The van der Waals surface area contributed by atoms with E-state index in [1.807, 2.05) is 25.1 Å². The second kappa shape index (κ2) is 5.91. The quantitative estimate of drug-likeness (QED) is 0.857. The molecule has 0 unspecified atom stereocenters. The van der Waals surface area contributed by atoms with E-state index in [0.717, 1.165) is 5.56 Å². The maximum absolute atomic E-state index is 11.8. The summed E-state index contributed by atoms with van der Waals surface area (Å²) in [6.07, 6.45) is 0. The van der Waals surface area contributed by atoms with Crippen molar-refractivity contribution in [1.82, 2.24) is 5.48 Å². The molecule has 0 spiro atoms. The molecule has 0 aliphatic carbocycles. The number of rotatable bonds is 4. The average molecular weight is 257 g/mol. The van der Waals surface area contributed by atoms with Gasteiger partial charge in [0.1, 0.15) is 5.75 Å². The lowest BCUT2D eigenvalue weighted by molar-refractivity contribution is 0.0760. The Bertz CT molecular complexity index is 564. The Labute approximate surface area is 111 Å². The molecule has 0 aromatic heterocycles. The average Bonchev–Trinajstić information content (AvgIpc) is 2.45. The second-order valence-electron chi connectivity index (χ2n) is 4.08. The molecule has 0 heterocycles. The van der Waals surface area contributed by atoms with Crippen LogP contribution >= 0.6 is 0 Å². The van der Waals surface area contributed by atoms with Crippen molar-refractivity contribution < 1.29 is 14.4 Å². The van der Waals surface area contributed by atoms with Crippen LogP contribution < -0.4 is 15.1 Å². The van der Waals surface area contributed by atoms with Gasteiger partial charge >= 0.3 is 0 Å². The summed E-state index contributed by atoms with van der Waals surface area (Å²) in [5, 5.41) is 0. The molecule has 0 radical (unpaired) electrons. The van der Waals surface area contributed by atoms with Gasteiger partial charge in [0.25, 0.3) is 5.91 Å². The third-order valence-corrected chi connectivity index (χ3v) is 2.60. The van der Waals surface area contributed by atoms with Crippen molar-refractivity contribution in [3.63, 3.8) is 0 Å². The monoisotopic (exact) mass is 257 g/mol. The number of carbonyl (C=O) groups excluding carboxylic acids is 1. The first-order valence-corrected chi connectivity index (χ1v) is 5.87. The molecule has 0 fully saturated rings. The Balaban J connectivity index is 1.97. The molecule has 4 nitrogen and oxygen atoms in total. The molecule has 4 heteroatoms. The van der Waals surface area contributed by atoms with E-state index in [0.29, 0.717) is 17.1 Å². The van der Waals surface area contributed by atoms with Crippen molar-refractivity contribution in [2.45, 2.75) is 6.92 Å². The Hall–Kier alpha value is -2.49. The van der Waals surface area contributed by atoms with Crippen molar-refractivity contribution in [2.75, 3.05) is 7.11 Å². The molecule has 0 saturated carbocycles. The minimum atomic E-state index is -0.302. The number of hydrogen-bond donors (Lipinski definition) is 1. The van der Waals surface area contributed by atoms with Crippen LogP contribution in [0.25, 0.3) is 0 Å². The van der Waals surface area contributed by atoms with Crippen LogP contribution in [0, 0.1) is 6.92 Å². The Kier molecular flexibility index (Phi) is 4.03. The molecule has 2 aromatic rings. The van der Waals surface area contributed by atoms with Crippen molar-refractivity contribution >= 4 is 5.91 Å². The molecule has 1 amide bonds. The molecule has 2 rings (SSSR count). The minimum absolute atomic E-state index is 0.302. The number of methoxy groups -OCH3 is 1. The lowest BCUT2D eigenvalue weighted by Gasteiger charge is -2.08. The Morgan fingerprint density at radius 1 is 1.05 bits per heavy atom. The van der Waals surface area contributed by atoms with Crippen LogP contribution in [0.3, 0.4) is 0 Å². The van der Waals surface area contributed by atoms with E-state index in [2.05, 4.69) is 5.48 Å². The van der Waals surface area contributed by atoms with Crippen molar-refractivity contribution in [1.29, 1.82) is 0 Å². The van der Waals surface area contributed by atoms with E-state index in [-0.39, 0.29) is 5.91 Å². The fraction of sp³-hybridized carbons (Fsp3) is 0.133. The van der Waals surface area contributed by atoms with E-state index in [1.165, 1.54) is 0 Å². The number of hydroxylamine groups is 1. The normalized spacial score (nSPS) is 9.79. The number of amides is 1. The van der Waals surface area contributed by atoms with Gasteiger partial charge in [-0.25, -0.2) is 0 Å². The van der Waals surface area contributed by atoms with Gasteiger partial charge in [0.2, 0.25) is 0 Å². The molecule has 1 N–H and O–H groups in total. The highest BCUT2D eigenvalue weighted by Gasteiger charge is 2.06. The maximum atomic E-state index is 11.8. The second-order valence-corrected chi connectivity index (χ2v) is 4.08. The zero-order chi connectivity index (χ0) is 13.7. The highest BCUT2D eigenvalue weighted by Crippen LogP contribution is 2.13. The minimum Gasteiger partial charge on any atom is -0.497 e. The van der Waals surface area contributed by atoms with Crippen molar-refractivity contribution in [3.8, 4) is 11.5 Å². The third-order valence-electron chi connectivity index (χ3n) is 2.60. The molecule has 2 aromatic carbocycles. The Morgan fingerprint density at radius 3 is 2.42 bits per heavy atom. The number of hydrogen-bond acceptors (Lipinski definition) is 3. The van der Waals surface area contributed by atoms with Gasteiger partial charge in [0.15, 0.2) is 5.75 Å². The molecule has 0 aliphatic heterocycles. The first-order valence-electron chi connectivity index (χ1n) is 5.87. The van der Waals surface area contributed by atoms with Crippen LogP contribution in [0.1, 0.15) is 15.9 Å². The van der Waals surface area contributed by atoms with Crippen LogP contribution in [-0.4, -0.2) is 13.0 Å². The largest absolute Gasteiger partial charge is 0.497 e. The summed E-state index contributed by atoms with van der Waals surface area (Å²) < 4.78 is 5.03. The van der Waals surface area contributed by atoms with E-state index < -0.39 is 0 Å². The van der Waals surface area contributed by atoms with Crippen molar-refractivity contribution in [2.24, 2.45) is 0 Å². The summed E-state index contributed by atoms with van der Waals surface area (Å²) in [6.45, 7) is 1.96. The Morgan fingerprint density at radius 2 is 1.79 bits per heavy atom. The van der Waals surface area contributed by atoms with Crippen LogP contribution in [0.2, 0.25) is 0 Å². The van der Waals surface area contributed by atoms with Gasteiger partial charge in [-0.15, -0.1) is 0 Å².